The second kappa shape index (κ2) is 9.62. The number of rotatable bonds is 10. The number of ether oxygens (including phenoxy) is 1. The van der Waals surface area contributed by atoms with Gasteiger partial charge in [0, 0.05) is 17.7 Å². The minimum absolute atomic E-state index is 0.0109. The Morgan fingerprint density at radius 2 is 1.87 bits per heavy atom. The van der Waals surface area contributed by atoms with Gasteiger partial charge < -0.3 is 14.3 Å². The Morgan fingerprint density at radius 3 is 2.43 bits per heavy atom. The third kappa shape index (κ3) is 5.92. The van der Waals surface area contributed by atoms with E-state index in [4.69, 9.17) is 14.3 Å². The number of Topliss-reactive ketones (excluding diaryl/α,β-unsaturated/α-hetero) is 1. The number of methoxy groups -OCH3 is 1. The molecule has 5 nitrogen and oxygen atoms in total. The number of carbonyl (C=O) groups excluding carboxylic acids is 1. The van der Waals surface area contributed by atoms with Crippen LogP contribution in [-0.2, 0) is 15.6 Å². The molecule has 0 unspecified atom stereocenters. The quantitative estimate of drug-likeness (QED) is 0.267. The van der Waals surface area contributed by atoms with E-state index in [0.29, 0.717) is 4.88 Å². The van der Waals surface area contributed by atoms with E-state index in [1.807, 2.05) is 12.1 Å². The van der Waals surface area contributed by atoms with Crippen LogP contribution >= 0.6 is 11.3 Å². The Morgan fingerprint density at radius 1 is 1.20 bits per heavy atom. The first kappa shape index (κ1) is 24.6. The smallest absolute Gasteiger partial charge is 0.306 e. The molecule has 1 aromatic heterocycles. The predicted molar refractivity (Wildman–Crippen MR) is 126 cm³/mol. The number of ketones is 1. The van der Waals surface area contributed by atoms with Crippen LogP contribution in [0.1, 0.15) is 55.8 Å². The van der Waals surface area contributed by atoms with Crippen LogP contribution in [0.25, 0.3) is 10.1 Å². The van der Waals surface area contributed by atoms with E-state index in [2.05, 4.69) is 39.9 Å². The first-order valence-electron chi connectivity index (χ1n) is 10.4. The molecule has 0 saturated heterocycles. The molecule has 0 bridgehead atoms. The largest absolute Gasteiger partial charge is 0.496 e. The van der Waals surface area contributed by atoms with Crippen LogP contribution < -0.4 is 4.74 Å². The monoisotopic (exact) mass is 450 g/mol. The number of hydrogen-bond acceptors (Lipinski definition) is 5. The second-order valence-electron chi connectivity index (χ2n) is 9.39. The number of fused-ring (bicyclic) bond motifs is 1. The fourth-order valence-corrected chi connectivity index (χ4v) is 5.02. The number of carboxylic acid groups (broad SMARTS) is 1. The summed E-state index contributed by atoms with van der Waals surface area (Å²) >= 11 is 1.39. The molecule has 0 saturated carbocycles. The highest BCUT2D eigenvalue weighted by Crippen LogP contribution is 2.37. The molecule has 1 N–H and O–H groups in total. The maximum atomic E-state index is 12.5. The van der Waals surface area contributed by atoms with E-state index in [1.54, 1.807) is 14.0 Å². The van der Waals surface area contributed by atoms with Gasteiger partial charge in [-0.05, 0) is 60.1 Å². The lowest BCUT2D eigenvalue weighted by atomic mass is 10.0. The molecule has 0 radical (unpaired) electrons. The lowest BCUT2D eigenvalue weighted by molar-refractivity contribution is -0.141. The van der Waals surface area contributed by atoms with E-state index >= 15 is 0 Å². The zero-order chi connectivity index (χ0) is 22.7. The number of aryl methyl sites for hydroxylation is 1. The summed E-state index contributed by atoms with van der Waals surface area (Å²) in [6, 6.07) is 5.92. The third-order valence-corrected chi connectivity index (χ3v) is 11.6. The molecule has 7 heteroatoms. The first-order valence-corrected chi connectivity index (χ1v) is 14.1. The number of benzene rings is 1. The molecule has 0 aliphatic heterocycles. The molecular weight excluding hydrogens is 416 g/mol. The molecule has 0 amide bonds. The maximum Gasteiger partial charge on any atom is 0.306 e. The van der Waals surface area contributed by atoms with Gasteiger partial charge in [-0.15, -0.1) is 11.3 Å². The molecule has 0 spiro atoms. The lowest BCUT2D eigenvalue weighted by Gasteiger charge is -2.36. The summed E-state index contributed by atoms with van der Waals surface area (Å²) in [5, 5.41) is 10.2. The van der Waals surface area contributed by atoms with Crippen LogP contribution in [0.4, 0.5) is 0 Å². The zero-order valence-corrected chi connectivity index (χ0v) is 20.9. The van der Waals surface area contributed by atoms with Gasteiger partial charge >= 0.3 is 5.97 Å². The maximum absolute atomic E-state index is 12.5. The van der Waals surface area contributed by atoms with Crippen molar-refractivity contribution >= 4 is 41.5 Å². The van der Waals surface area contributed by atoms with Gasteiger partial charge in [0.25, 0.3) is 0 Å². The summed E-state index contributed by atoms with van der Waals surface area (Å²) in [6.45, 7) is 13.5. The molecule has 0 aliphatic rings. The van der Waals surface area contributed by atoms with Gasteiger partial charge in [-0.1, -0.05) is 27.7 Å². The molecule has 1 aromatic carbocycles. The molecule has 1 heterocycles. The van der Waals surface area contributed by atoms with Gasteiger partial charge in [0.15, 0.2) is 14.1 Å². The molecular formula is C23H34O5SSi. The van der Waals surface area contributed by atoms with Crippen molar-refractivity contribution in [1.82, 2.24) is 0 Å². The standard InChI is InChI=1S/C23H34O5SSi/c1-15(22(25)26)11-18(24)21-13-17-12-16(19(27-5)14-20(17)29-21)9-8-10-28-30(6,7)23(2,3)4/h12-15H,8-11H2,1-7H3,(H,25,26)/t15-/m1/s1. The fraction of sp³-hybridized carbons (Fsp3) is 0.565. The van der Waals surface area contributed by atoms with Crippen LogP contribution in [-0.4, -0.2) is 38.9 Å². The van der Waals surface area contributed by atoms with Crippen molar-refractivity contribution in [2.75, 3.05) is 13.7 Å². The Labute approximate surface area is 184 Å². The number of thiophene rings is 1. The number of hydrogen-bond donors (Lipinski definition) is 1. The highest BCUT2D eigenvalue weighted by molar-refractivity contribution is 7.20. The van der Waals surface area contributed by atoms with Gasteiger partial charge in [0.1, 0.15) is 5.75 Å². The highest BCUT2D eigenvalue weighted by Gasteiger charge is 2.36. The molecule has 1 atom stereocenters. The minimum atomic E-state index is -1.75. The van der Waals surface area contributed by atoms with Crippen molar-refractivity contribution in [1.29, 1.82) is 0 Å². The molecule has 166 valence electrons. The molecule has 30 heavy (non-hydrogen) atoms. The Kier molecular flexibility index (Phi) is 7.88. The van der Waals surface area contributed by atoms with Crippen molar-refractivity contribution < 1.29 is 23.9 Å². The molecule has 0 fully saturated rings. The van der Waals surface area contributed by atoms with Crippen LogP contribution in [0.2, 0.25) is 18.1 Å². The fourth-order valence-electron chi connectivity index (χ4n) is 2.91. The summed E-state index contributed by atoms with van der Waals surface area (Å²) in [4.78, 5) is 24.1. The second-order valence-corrected chi connectivity index (χ2v) is 15.3. The Balaban J connectivity index is 2.11. The van der Waals surface area contributed by atoms with Gasteiger partial charge in [-0.25, -0.2) is 0 Å². The SMILES string of the molecule is COc1cc2sc(C(=O)C[C@@H](C)C(=O)O)cc2cc1CCCO[Si](C)(C)C(C)(C)C. The van der Waals surface area contributed by atoms with E-state index in [1.165, 1.54) is 11.3 Å². The predicted octanol–water partition coefficient (Wildman–Crippen LogP) is 6.16. The number of carbonyl (C=O) groups is 2. The van der Waals surface area contributed by atoms with Crippen LogP contribution in [0.5, 0.6) is 5.75 Å². The lowest BCUT2D eigenvalue weighted by Crippen LogP contribution is -2.41. The van der Waals surface area contributed by atoms with Crippen LogP contribution in [0.3, 0.4) is 0 Å². The number of carboxylic acids is 1. The Hall–Kier alpha value is -1.70. The zero-order valence-electron chi connectivity index (χ0n) is 19.1. The Bertz CT molecular complexity index is 910. The van der Waals surface area contributed by atoms with Gasteiger partial charge in [-0.3, -0.25) is 9.59 Å². The van der Waals surface area contributed by atoms with Gasteiger partial charge in [0.05, 0.1) is 17.9 Å². The van der Waals surface area contributed by atoms with Crippen molar-refractivity contribution in [3.63, 3.8) is 0 Å². The van der Waals surface area contributed by atoms with Crippen LogP contribution in [0, 0.1) is 5.92 Å². The van der Waals surface area contributed by atoms with Crippen molar-refractivity contribution in [3.8, 4) is 5.75 Å². The molecule has 0 aliphatic carbocycles. The summed E-state index contributed by atoms with van der Waals surface area (Å²) in [7, 11) is -0.0908. The average Bonchev–Trinajstić information content (AvgIpc) is 3.06. The molecule has 2 aromatic rings. The summed E-state index contributed by atoms with van der Waals surface area (Å²) in [6.07, 6.45) is 1.75. The van der Waals surface area contributed by atoms with Crippen molar-refractivity contribution in [2.45, 2.75) is 65.1 Å². The summed E-state index contributed by atoms with van der Waals surface area (Å²) in [5.74, 6) is -0.953. The normalized spacial score (nSPS) is 13.4. The summed E-state index contributed by atoms with van der Waals surface area (Å²) < 4.78 is 12.8. The van der Waals surface area contributed by atoms with E-state index in [-0.39, 0.29) is 17.2 Å². The first-order chi connectivity index (χ1) is 13.9. The number of aliphatic carboxylic acids is 1. The van der Waals surface area contributed by atoms with Crippen molar-refractivity contribution in [2.24, 2.45) is 5.92 Å². The van der Waals surface area contributed by atoms with E-state index in [0.717, 1.165) is 40.8 Å². The van der Waals surface area contributed by atoms with Gasteiger partial charge in [0.2, 0.25) is 0 Å². The van der Waals surface area contributed by atoms with E-state index < -0.39 is 20.2 Å². The minimum Gasteiger partial charge on any atom is -0.496 e. The topological polar surface area (TPSA) is 72.8 Å². The van der Waals surface area contributed by atoms with Crippen LogP contribution in [0.15, 0.2) is 18.2 Å². The van der Waals surface area contributed by atoms with Gasteiger partial charge in [-0.2, -0.15) is 0 Å². The third-order valence-electron chi connectivity index (χ3n) is 5.97. The van der Waals surface area contributed by atoms with E-state index in [9.17, 15) is 9.59 Å². The highest BCUT2D eigenvalue weighted by atomic mass is 32.1. The average molecular weight is 451 g/mol. The van der Waals surface area contributed by atoms with Crippen molar-refractivity contribution in [3.05, 3.63) is 28.6 Å². The summed E-state index contributed by atoms with van der Waals surface area (Å²) in [5.41, 5.74) is 1.10. The molecule has 2 rings (SSSR count).